The average molecular weight is 192 g/mol. The molecule has 1 aliphatic carbocycles. The standard InChI is InChI=1S/C9H18F2N2/c1-6(5-13-12)7(2)8-3-9(10,11)4-8/h6-8,13H,3-5,12H2,1-2H3. The van der Waals surface area contributed by atoms with E-state index in [9.17, 15) is 8.78 Å². The van der Waals surface area contributed by atoms with Crippen LogP contribution in [-0.2, 0) is 0 Å². The predicted molar refractivity (Wildman–Crippen MR) is 48.2 cm³/mol. The Kier molecular flexibility index (Phi) is 3.24. The highest BCUT2D eigenvalue weighted by Crippen LogP contribution is 2.47. The molecule has 2 atom stereocenters. The molecule has 0 amide bonds. The molecule has 0 spiro atoms. The minimum absolute atomic E-state index is 0.0586. The number of nitrogens with two attached hydrogens (primary N) is 1. The van der Waals surface area contributed by atoms with Gasteiger partial charge in [-0.2, -0.15) is 0 Å². The minimum Gasteiger partial charge on any atom is -0.271 e. The Labute approximate surface area is 77.8 Å². The Balaban J connectivity index is 2.29. The van der Waals surface area contributed by atoms with Crippen molar-refractivity contribution in [2.75, 3.05) is 6.54 Å². The molecule has 2 unspecified atom stereocenters. The maximum absolute atomic E-state index is 12.6. The van der Waals surface area contributed by atoms with Gasteiger partial charge in [-0.3, -0.25) is 11.3 Å². The number of halogens is 2. The van der Waals surface area contributed by atoms with Gasteiger partial charge in [-0.15, -0.1) is 0 Å². The van der Waals surface area contributed by atoms with Crippen LogP contribution in [0.15, 0.2) is 0 Å². The van der Waals surface area contributed by atoms with Crippen LogP contribution in [0.5, 0.6) is 0 Å². The molecular weight excluding hydrogens is 174 g/mol. The molecule has 0 saturated heterocycles. The predicted octanol–water partition coefficient (Wildman–Crippen LogP) is 1.77. The van der Waals surface area contributed by atoms with Gasteiger partial charge in [0.05, 0.1) is 0 Å². The first-order chi connectivity index (χ1) is 5.96. The summed E-state index contributed by atoms with van der Waals surface area (Å²) < 4.78 is 25.1. The van der Waals surface area contributed by atoms with Crippen LogP contribution in [0.4, 0.5) is 8.78 Å². The zero-order valence-electron chi connectivity index (χ0n) is 8.19. The molecule has 0 heterocycles. The lowest BCUT2D eigenvalue weighted by atomic mass is 9.70. The van der Waals surface area contributed by atoms with Crippen LogP contribution in [0.2, 0.25) is 0 Å². The second-order valence-electron chi connectivity index (χ2n) is 4.27. The summed E-state index contributed by atoms with van der Waals surface area (Å²) in [5.74, 6) is 3.66. The van der Waals surface area contributed by atoms with E-state index in [0.717, 1.165) is 0 Å². The van der Waals surface area contributed by atoms with E-state index in [1.54, 1.807) is 0 Å². The van der Waals surface area contributed by atoms with Crippen molar-refractivity contribution >= 4 is 0 Å². The number of rotatable bonds is 4. The second-order valence-corrected chi connectivity index (χ2v) is 4.27. The van der Waals surface area contributed by atoms with Crippen LogP contribution in [0.1, 0.15) is 26.7 Å². The summed E-state index contributed by atoms with van der Waals surface area (Å²) in [6.45, 7) is 4.77. The Morgan fingerprint density at radius 1 is 1.46 bits per heavy atom. The SMILES string of the molecule is CC(CNN)C(C)C1CC(F)(F)C1. The fourth-order valence-electron chi connectivity index (χ4n) is 1.92. The Morgan fingerprint density at radius 3 is 2.38 bits per heavy atom. The number of alkyl halides is 2. The summed E-state index contributed by atoms with van der Waals surface area (Å²) >= 11 is 0. The first kappa shape index (κ1) is 10.9. The van der Waals surface area contributed by atoms with Crippen LogP contribution in [0.25, 0.3) is 0 Å². The third-order valence-electron chi connectivity index (χ3n) is 3.20. The summed E-state index contributed by atoms with van der Waals surface area (Å²) in [5, 5.41) is 0. The van der Waals surface area contributed by atoms with Gasteiger partial charge in [0.25, 0.3) is 0 Å². The van der Waals surface area contributed by atoms with Crippen molar-refractivity contribution < 1.29 is 8.78 Å². The fraction of sp³-hybridized carbons (Fsp3) is 1.00. The number of hydrogen-bond acceptors (Lipinski definition) is 2. The summed E-state index contributed by atoms with van der Waals surface area (Å²) in [7, 11) is 0. The molecule has 1 rings (SSSR count). The third-order valence-corrected chi connectivity index (χ3v) is 3.20. The molecule has 4 heteroatoms. The van der Waals surface area contributed by atoms with Crippen LogP contribution < -0.4 is 11.3 Å². The molecule has 3 N–H and O–H groups in total. The lowest BCUT2D eigenvalue weighted by molar-refractivity contribution is -0.129. The first-order valence-corrected chi connectivity index (χ1v) is 4.77. The van der Waals surface area contributed by atoms with Crippen molar-refractivity contribution in [3.63, 3.8) is 0 Å². The van der Waals surface area contributed by atoms with E-state index in [-0.39, 0.29) is 18.8 Å². The van der Waals surface area contributed by atoms with E-state index in [1.165, 1.54) is 0 Å². The van der Waals surface area contributed by atoms with Crippen LogP contribution >= 0.6 is 0 Å². The van der Waals surface area contributed by atoms with E-state index in [1.807, 2.05) is 13.8 Å². The van der Waals surface area contributed by atoms with Gasteiger partial charge in [-0.25, -0.2) is 8.78 Å². The van der Waals surface area contributed by atoms with Crippen molar-refractivity contribution in [3.8, 4) is 0 Å². The Hall–Kier alpha value is -0.220. The second kappa shape index (κ2) is 3.88. The maximum atomic E-state index is 12.6. The smallest absolute Gasteiger partial charge is 0.248 e. The highest BCUT2D eigenvalue weighted by atomic mass is 19.3. The molecule has 2 nitrogen and oxygen atoms in total. The van der Waals surface area contributed by atoms with Gasteiger partial charge >= 0.3 is 0 Å². The van der Waals surface area contributed by atoms with Gasteiger partial charge in [-0.1, -0.05) is 13.8 Å². The molecule has 0 aliphatic heterocycles. The molecular formula is C9H18F2N2. The highest BCUT2D eigenvalue weighted by molar-refractivity contribution is 4.90. The zero-order valence-corrected chi connectivity index (χ0v) is 8.19. The first-order valence-electron chi connectivity index (χ1n) is 4.77. The van der Waals surface area contributed by atoms with Crippen molar-refractivity contribution in [2.24, 2.45) is 23.6 Å². The van der Waals surface area contributed by atoms with E-state index in [2.05, 4.69) is 5.43 Å². The highest BCUT2D eigenvalue weighted by Gasteiger charge is 2.47. The summed E-state index contributed by atoms with van der Waals surface area (Å²) in [5.41, 5.74) is 2.58. The lowest BCUT2D eigenvalue weighted by Crippen LogP contribution is -2.42. The molecule has 0 aromatic carbocycles. The molecule has 0 aromatic rings. The normalized spacial score (nSPS) is 26.5. The maximum Gasteiger partial charge on any atom is 0.248 e. The summed E-state index contributed by atoms with van der Waals surface area (Å²) in [6, 6.07) is 0. The lowest BCUT2D eigenvalue weighted by Gasteiger charge is -2.41. The summed E-state index contributed by atoms with van der Waals surface area (Å²) in [6.07, 6.45) is 0.117. The molecule has 0 bridgehead atoms. The number of nitrogens with one attached hydrogen (secondary N) is 1. The zero-order chi connectivity index (χ0) is 10.1. The van der Waals surface area contributed by atoms with Gasteiger partial charge < -0.3 is 0 Å². The molecule has 1 aliphatic rings. The number of hydrazine groups is 1. The molecule has 78 valence electrons. The molecule has 13 heavy (non-hydrogen) atoms. The van der Waals surface area contributed by atoms with Crippen LogP contribution in [0, 0.1) is 17.8 Å². The van der Waals surface area contributed by atoms with E-state index < -0.39 is 5.92 Å². The van der Waals surface area contributed by atoms with Crippen molar-refractivity contribution in [2.45, 2.75) is 32.6 Å². The minimum atomic E-state index is -2.39. The molecule has 1 saturated carbocycles. The van der Waals surface area contributed by atoms with Gasteiger partial charge in [-0.05, 0) is 17.8 Å². The van der Waals surface area contributed by atoms with Crippen LogP contribution in [0.3, 0.4) is 0 Å². The van der Waals surface area contributed by atoms with Gasteiger partial charge in [0.1, 0.15) is 0 Å². The van der Waals surface area contributed by atoms with Crippen molar-refractivity contribution in [1.29, 1.82) is 0 Å². The monoisotopic (exact) mass is 192 g/mol. The largest absolute Gasteiger partial charge is 0.271 e. The van der Waals surface area contributed by atoms with Gasteiger partial charge in [0.2, 0.25) is 5.92 Å². The number of hydrogen-bond donors (Lipinski definition) is 2. The average Bonchev–Trinajstić information content (AvgIpc) is 1.99. The van der Waals surface area contributed by atoms with E-state index >= 15 is 0 Å². The Morgan fingerprint density at radius 2 is 2.00 bits per heavy atom. The van der Waals surface area contributed by atoms with E-state index in [4.69, 9.17) is 5.84 Å². The molecule has 0 aromatic heterocycles. The quantitative estimate of drug-likeness (QED) is 0.526. The van der Waals surface area contributed by atoms with Gasteiger partial charge in [0, 0.05) is 19.4 Å². The molecule has 0 radical (unpaired) electrons. The fourth-order valence-corrected chi connectivity index (χ4v) is 1.92. The third kappa shape index (κ3) is 2.61. The van der Waals surface area contributed by atoms with Crippen molar-refractivity contribution in [1.82, 2.24) is 5.43 Å². The topological polar surface area (TPSA) is 38.0 Å². The van der Waals surface area contributed by atoms with E-state index in [0.29, 0.717) is 18.4 Å². The molecule has 1 fully saturated rings. The van der Waals surface area contributed by atoms with Crippen LogP contribution in [-0.4, -0.2) is 12.5 Å². The van der Waals surface area contributed by atoms with Gasteiger partial charge in [0.15, 0.2) is 0 Å². The summed E-state index contributed by atoms with van der Waals surface area (Å²) in [4.78, 5) is 0. The Bertz CT molecular complexity index is 165. The van der Waals surface area contributed by atoms with Crippen molar-refractivity contribution in [3.05, 3.63) is 0 Å².